The van der Waals surface area contributed by atoms with Gasteiger partial charge in [-0.3, -0.25) is 9.69 Å². The van der Waals surface area contributed by atoms with Crippen LogP contribution in [0.5, 0.6) is 0 Å². The summed E-state index contributed by atoms with van der Waals surface area (Å²) < 4.78 is 1.97. The molecule has 0 spiro atoms. The lowest BCUT2D eigenvalue weighted by atomic mass is 10.1. The first-order valence-corrected chi connectivity index (χ1v) is 9.15. The Kier molecular flexibility index (Phi) is 5.56. The average Bonchev–Trinajstić information content (AvgIpc) is 2.82. The van der Waals surface area contributed by atoms with Gasteiger partial charge in [-0.15, -0.1) is 0 Å². The molecule has 1 aliphatic heterocycles. The number of hydrogen-bond acceptors (Lipinski definition) is 5. The van der Waals surface area contributed by atoms with E-state index in [2.05, 4.69) is 21.9 Å². The Hall–Kier alpha value is -2.41. The van der Waals surface area contributed by atoms with Gasteiger partial charge in [-0.05, 0) is 51.4 Å². The summed E-state index contributed by atoms with van der Waals surface area (Å²) in [6.07, 6.45) is 4.71. The summed E-state index contributed by atoms with van der Waals surface area (Å²) in [5.41, 5.74) is 7.61. The Morgan fingerprint density at radius 2 is 2.12 bits per heavy atom. The normalized spacial score (nSPS) is 18.2. The van der Waals surface area contributed by atoms with Gasteiger partial charge < -0.3 is 15.2 Å². The smallest absolute Gasteiger partial charge is 0.270 e. The van der Waals surface area contributed by atoms with Crippen LogP contribution in [0.3, 0.4) is 0 Å². The van der Waals surface area contributed by atoms with E-state index < -0.39 is 0 Å². The van der Waals surface area contributed by atoms with Crippen molar-refractivity contribution in [2.45, 2.75) is 38.8 Å². The van der Waals surface area contributed by atoms with Crippen LogP contribution in [0.15, 0.2) is 24.4 Å². The van der Waals surface area contributed by atoms with Crippen molar-refractivity contribution < 1.29 is 4.79 Å². The molecule has 1 saturated heterocycles. The zero-order valence-corrected chi connectivity index (χ0v) is 15.9. The molecule has 7 nitrogen and oxygen atoms in total. The highest BCUT2D eigenvalue weighted by Gasteiger charge is 2.25. The van der Waals surface area contributed by atoms with Crippen LogP contribution in [0.1, 0.15) is 41.3 Å². The third-order valence-electron chi connectivity index (χ3n) is 5.32. The second-order valence-electron chi connectivity index (χ2n) is 7.11. The predicted molar refractivity (Wildman–Crippen MR) is 102 cm³/mol. The Labute approximate surface area is 154 Å². The lowest BCUT2D eigenvalue weighted by Gasteiger charge is -2.26. The molecule has 7 heteroatoms. The Balaban J connectivity index is 1.61. The fourth-order valence-corrected chi connectivity index (χ4v) is 3.56. The molecule has 0 radical (unpaired) electrons. The topological polar surface area (TPSA) is 80.3 Å². The maximum atomic E-state index is 12.8. The Morgan fingerprint density at radius 3 is 2.81 bits per heavy atom. The number of aryl methyl sites for hydroxylation is 1. The van der Waals surface area contributed by atoms with Crippen molar-refractivity contribution >= 4 is 11.7 Å². The summed E-state index contributed by atoms with van der Waals surface area (Å²) in [5.74, 6) is 1.37. The molecule has 3 heterocycles. The number of anilines is 1. The molecular weight excluding hydrogens is 328 g/mol. The summed E-state index contributed by atoms with van der Waals surface area (Å²) >= 11 is 0. The fourth-order valence-electron chi connectivity index (χ4n) is 3.56. The minimum atomic E-state index is 0.128. The summed E-state index contributed by atoms with van der Waals surface area (Å²) in [5, 5.41) is 0. The zero-order chi connectivity index (χ0) is 18.7. The number of nitrogens with two attached hydrogens (primary N) is 1. The number of hydrogen-bond donors (Lipinski definition) is 1. The van der Waals surface area contributed by atoms with Gasteiger partial charge in [0.1, 0.15) is 17.3 Å². The number of carbonyl (C=O) groups excluding carboxylic acids is 1. The van der Waals surface area contributed by atoms with Gasteiger partial charge in [-0.25, -0.2) is 9.97 Å². The van der Waals surface area contributed by atoms with Gasteiger partial charge in [0.2, 0.25) is 0 Å². The van der Waals surface area contributed by atoms with Gasteiger partial charge in [-0.2, -0.15) is 0 Å². The molecule has 2 aromatic heterocycles. The van der Waals surface area contributed by atoms with Crippen molar-refractivity contribution in [2.24, 2.45) is 7.05 Å². The third-order valence-corrected chi connectivity index (χ3v) is 5.32. The van der Waals surface area contributed by atoms with Crippen molar-refractivity contribution in [3.63, 3.8) is 0 Å². The standard InChI is InChI=1S/C19H28N6O/c1-14-6-7-16(24(14)3)19(26)25-11-4-5-15(9-12-25)23(2)13-18-21-10-8-17(20)22-18/h6-8,10,15H,4-5,9,11-13H2,1-3H3,(H2,20,21,22)/t15-/m1/s1. The summed E-state index contributed by atoms with van der Waals surface area (Å²) in [6.45, 7) is 4.27. The van der Waals surface area contributed by atoms with Crippen molar-refractivity contribution in [1.82, 2.24) is 24.3 Å². The van der Waals surface area contributed by atoms with Gasteiger partial charge in [0.25, 0.3) is 5.91 Å². The minimum absolute atomic E-state index is 0.128. The molecule has 2 aromatic rings. The van der Waals surface area contributed by atoms with Crippen LogP contribution in [0, 0.1) is 6.92 Å². The van der Waals surface area contributed by atoms with Crippen LogP contribution < -0.4 is 5.73 Å². The molecule has 0 aromatic carbocycles. The number of amides is 1. The third kappa shape index (κ3) is 4.04. The highest BCUT2D eigenvalue weighted by molar-refractivity contribution is 5.93. The molecular formula is C19H28N6O. The number of carbonyl (C=O) groups is 1. The van der Waals surface area contributed by atoms with E-state index in [9.17, 15) is 4.79 Å². The van der Waals surface area contributed by atoms with E-state index in [-0.39, 0.29) is 5.91 Å². The molecule has 1 atom stereocenters. The first kappa shape index (κ1) is 18.4. The molecule has 1 aliphatic rings. The van der Waals surface area contributed by atoms with Crippen molar-refractivity contribution in [2.75, 3.05) is 25.9 Å². The lowest BCUT2D eigenvalue weighted by Crippen LogP contribution is -2.35. The van der Waals surface area contributed by atoms with E-state index in [1.54, 1.807) is 12.3 Å². The van der Waals surface area contributed by atoms with Gasteiger partial charge in [0, 0.05) is 38.1 Å². The first-order valence-electron chi connectivity index (χ1n) is 9.15. The van der Waals surface area contributed by atoms with E-state index in [4.69, 9.17) is 5.73 Å². The number of aromatic nitrogens is 3. The Bertz CT molecular complexity index is 771. The van der Waals surface area contributed by atoms with Crippen LogP contribution in [0.2, 0.25) is 0 Å². The van der Waals surface area contributed by atoms with Crippen LogP contribution in [-0.2, 0) is 13.6 Å². The number of nitrogen functional groups attached to an aromatic ring is 1. The lowest BCUT2D eigenvalue weighted by molar-refractivity contribution is 0.0747. The Morgan fingerprint density at radius 1 is 1.31 bits per heavy atom. The predicted octanol–water partition coefficient (Wildman–Crippen LogP) is 1.83. The average molecular weight is 356 g/mol. The van der Waals surface area contributed by atoms with E-state index in [1.165, 1.54) is 0 Å². The van der Waals surface area contributed by atoms with Crippen molar-refractivity contribution in [3.8, 4) is 0 Å². The fraction of sp³-hybridized carbons (Fsp3) is 0.526. The van der Waals surface area contributed by atoms with E-state index >= 15 is 0 Å². The molecule has 140 valence electrons. The van der Waals surface area contributed by atoms with Crippen molar-refractivity contribution in [1.29, 1.82) is 0 Å². The maximum absolute atomic E-state index is 12.8. The van der Waals surface area contributed by atoms with Crippen LogP contribution >= 0.6 is 0 Å². The number of likely N-dealkylation sites (tertiary alicyclic amines) is 1. The van der Waals surface area contributed by atoms with Gasteiger partial charge in [-0.1, -0.05) is 0 Å². The molecule has 3 rings (SSSR count). The van der Waals surface area contributed by atoms with Crippen LogP contribution in [0.4, 0.5) is 5.82 Å². The quantitative estimate of drug-likeness (QED) is 0.904. The van der Waals surface area contributed by atoms with Gasteiger partial charge in [0.15, 0.2) is 0 Å². The largest absolute Gasteiger partial charge is 0.384 e. The molecule has 26 heavy (non-hydrogen) atoms. The van der Waals surface area contributed by atoms with Crippen LogP contribution in [0.25, 0.3) is 0 Å². The summed E-state index contributed by atoms with van der Waals surface area (Å²) in [4.78, 5) is 25.7. The number of nitrogens with zero attached hydrogens (tertiary/aromatic N) is 5. The monoisotopic (exact) mass is 356 g/mol. The molecule has 0 saturated carbocycles. The molecule has 2 N–H and O–H groups in total. The van der Waals surface area contributed by atoms with Crippen molar-refractivity contribution in [3.05, 3.63) is 41.6 Å². The molecule has 0 bridgehead atoms. The van der Waals surface area contributed by atoms with Crippen LogP contribution in [-0.4, -0.2) is 56.4 Å². The highest BCUT2D eigenvalue weighted by atomic mass is 16.2. The first-order chi connectivity index (χ1) is 12.5. The second-order valence-corrected chi connectivity index (χ2v) is 7.11. The minimum Gasteiger partial charge on any atom is -0.384 e. The molecule has 1 fully saturated rings. The van der Waals surface area contributed by atoms with E-state index in [0.717, 1.165) is 49.6 Å². The molecule has 0 aliphatic carbocycles. The van der Waals surface area contributed by atoms with Gasteiger partial charge in [0.05, 0.1) is 6.54 Å². The zero-order valence-electron chi connectivity index (χ0n) is 15.9. The van der Waals surface area contributed by atoms with E-state index in [1.807, 2.05) is 35.6 Å². The second kappa shape index (κ2) is 7.86. The highest BCUT2D eigenvalue weighted by Crippen LogP contribution is 2.19. The number of rotatable bonds is 4. The SMILES string of the molecule is Cc1ccc(C(=O)N2CCC[C@@H](N(C)Cc3nccc(N)n3)CC2)n1C. The van der Waals surface area contributed by atoms with E-state index in [0.29, 0.717) is 18.4 Å². The summed E-state index contributed by atoms with van der Waals surface area (Å²) in [7, 11) is 4.04. The maximum Gasteiger partial charge on any atom is 0.270 e. The molecule has 1 amide bonds. The van der Waals surface area contributed by atoms with Gasteiger partial charge >= 0.3 is 0 Å². The summed E-state index contributed by atoms with van der Waals surface area (Å²) in [6, 6.07) is 6.02. The molecule has 0 unspecified atom stereocenters.